The lowest BCUT2D eigenvalue weighted by molar-refractivity contribution is 0.0962. The summed E-state index contributed by atoms with van der Waals surface area (Å²) in [5.74, 6) is -0.105. The Morgan fingerprint density at radius 3 is 3.04 bits per heavy atom. The van der Waals surface area contributed by atoms with Gasteiger partial charge in [-0.1, -0.05) is 6.07 Å². The highest BCUT2D eigenvalue weighted by molar-refractivity contribution is 6.03. The third kappa shape index (κ3) is 2.19. The molecule has 0 atom stereocenters. The average molecular weight is 307 g/mol. The van der Waals surface area contributed by atoms with Gasteiger partial charge in [0.25, 0.3) is 5.91 Å². The lowest BCUT2D eigenvalue weighted by Crippen LogP contribution is -2.29. The lowest BCUT2D eigenvalue weighted by Gasteiger charge is -2.25. The first kappa shape index (κ1) is 13.9. The molecule has 4 rings (SSSR count). The monoisotopic (exact) mass is 307 g/mol. The Labute approximate surface area is 133 Å². The van der Waals surface area contributed by atoms with Gasteiger partial charge in [-0.2, -0.15) is 0 Å². The van der Waals surface area contributed by atoms with E-state index >= 15 is 0 Å². The van der Waals surface area contributed by atoms with Gasteiger partial charge in [-0.3, -0.25) is 14.3 Å². The maximum atomic E-state index is 13.0. The summed E-state index contributed by atoms with van der Waals surface area (Å²) in [5.41, 5.74) is 10.7. The number of hydrogen-bond acceptors (Lipinski definition) is 5. The number of hydrogen-bond donors (Lipinski definition) is 1. The number of rotatable bonds is 1. The number of aromatic nitrogens is 3. The Balaban J connectivity index is 1.83. The number of likely N-dealkylation sites (N-methyl/N-ethyl adjacent to an activating group) is 1. The zero-order valence-electron chi connectivity index (χ0n) is 12.9. The van der Waals surface area contributed by atoms with E-state index in [4.69, 9.17) is 5.73 Å². The number of benzene rings is 1. The van der Waals surface area contributed by atoms with Gasteiger partial charge in [-0.05, 0) is 36.7 Å². The van der Waals surface area contributed by atoms with Gasteiger partial charge in [-0.15, -0.1) is 0 Å². The molecule has 0 aliphatic carbocycles. The van der Waals surface area contributed by atoms with E-state index in [0.717, 1.165) is 36.2 Å². The Bertz CT molecular complexity index is 914. The van der Waals surface area contributed by atoms with Crippen LogP contribution >= 0.6 is 0 Å². The number of anilines is 1. The smallest absolute Gasteiger partial charge is 0.265 e. The first-order chi connectivity index (χ1) is 11.1. The third-order valence-corrected chi connectivity index (χ3v) is 4.39. The number of nitrogens with two attached hydrogens (primary N) is 1. The highest BCUT2D eigenvalue weighted by Gasteiger charge is 2.22. The van der Waals surface area contributed by atoms with Gasteiger partial charge in [0.1, 0.15) is 11.8 Å². The van der Waals surface area contributed by atoms with Crippen LogP contribution in [0.15, 0.2) is 36.9 Å². The summed E-state index contributed by atoms with van der Waals surface area (Å²) >= 11 is 0. The molecule has 2 aromatic heterocycles. The Hall–Kier alpha value is -2.73. The molecule has 0 spiro atoms. The molecule has 0 radical (unpaired) electrons. The van der Waals surface area contributed by atoms with Crippen molar-refractivity contribution in [2.24, 2.45) is 0 Å². The SMILES string of the molecule is CN1CCc2c(cncc2C(=O)n2cnc3c(N)cccc32)C1. The minimum atomic E-state index is -0.105. The molecule has 6 nitrogen and oxygen atoms in total. The van der Waals surface area contributed by atoms with E-state index in [-0.39, 0.29) is 5.91 Å². The molecular formula is C17H17N5O. The molecule has 0 fully saturated rings. The van der Waals surface area contributed by atoms with Crippen molar-refractivity contribution in [3.8, 4) is 0 Å². The molecule has 1 aliphatic heterocycles. The summed E-state index contributed by atoms with van der Waals surface area (Å²) in [6.45, 7) is 1.76. The fraction of sp³-hybridized carbons (Fsp3) is 0.235. The van der Waals surface area contributed by atoms with Gasteiger partial charge in [0.15, 0.2) is 0 Å². The number of imidazole rings is 1. The Morgan fingerprint density at radius 2 is 2.17 bits per heavy atom. The van der Waals surface area contributed by atoms with Crippen LogP contribution in [0.3, 0.4) is 0 Å². The van der Waals surface area contributed by atoms with Gasteiger partial charge >= 0.3 is 0 Å². The largest absolute Gasteiger partial charge is 0.397 e. The van der Waals surface area contributed by atoms with Crippen LogP contribution in [0.2, 0.25) is 0 Å². The van der Waals surface area contributed by atoms with E-state index in [2.05, 4.69) is 21.9 Å². The highest BCUT2D eigenvalue weighted by Crippen LogP contribution is 2.24. The molecule has 1 aliphatic rings. The van der Waals surface area contributed by atoms with E-state index in [0.29, 0.717) is 16.8 Å². The first-order valence-electron chi connectivity index (χ1n) is 7.55. The second-order valence-corrected chi connectivity index (χ2v) is 5.95. The number of nitrogens with zero attached hydrogens (tertiary/aromatic N) is 4. The summed E-state index contributed by atoms with van der Waals surface area (Å²) < 4.78 is 1.56. The van der Waals surface area contributed by atoms with Gasteiger partial charge < -0.3 is 10.6 Å². The van der Waals surface area contributed by atoms with E-state index in [1.807, 2.05) is 18.3 Å². The molecule has 0 saturated heterocycles. The summed E-state index contributed by atoms with van der Waals surface area (Å²) in [6.07, 6.45) is 5.90. The normalized spacial score (nSPS) is 14.8. The maximum Gasteiger partial charge on any atom is 0.265 e. The average Bonchev–Trinajstić information content (AvgIpc) is 2.99. The van der Waals surface area contributed by atoms with Crippen molar-refractivity contribution in [3.05, 3.63) is 53.6 Å². The van der Waals surface area contributed by atoms with Gasteiger partial charge in [0, 0.05) is 25.5 Å². The maximum absolute atomic E-state index is 13.0. The van der Waals surface area contributed by atoms with Crippen LogP contribution < -0.4 is 5.73 Å². The summed E-state index contributed by atoms with van der Waals surface area (Å²) in [6, 6.07) is 5.47. The summed E-state index contributed by atoms with van der Waals surface area (Å²) in [7, 11) is 2.07. The second kappa shape index (κ2) is 5.17. The van der Waals surface area contributed by atoms with Crippen LogP contribution in [-0.2, 0) is 13.0 Å². The molecule has 6 heteroatoms. The molecule has 0 unspecified atom stereocenters. The molecule has 0 amide bonds. The van der Waals surface area contributed by atoms with Crippen molar-refractivity contribution < 1.29 is 4.79 Å². The molecule has 0 saturated carbocycles. The first-order valence-corrected chi connectivity index (χ1v) is 7.55. The van der Waals surface area contributed by atoms with Crippen LogP contribution in [0.1, 0.15) is 21.5 Å². The van der Waals surface area contributed by atoms with Crippen molar-refractivity contribution >= 4 is 22.6 Å². The molecule has 0 bridgehead atoms. The van der Waals surface area contributed by atoms with E-state index in [9.17, 15) is 4.79 Å². The summed E-state index contributed by atoms with van der Waals surface area (Å²) in [5, 5.41) is 0. The fourth-order valence-electron chi connectivity index (χ4n) is 3.17. The predicted molar refractivity (Wildman–Crippen MR) is 88.1 cm³/mol. The van der Waals surface area contributed by atoms with Crippen LogP contribution in [-0.4, -0.2) is 38.9 Å². The summed E-state index contributed by atoms with van der Waals surface area (Å²) in [4.78, 5) is 23.8. The Morgan fingerprint density at radius 1 is 1.30 bits per heavy atom. The minimum absolute atomic E-state index is 0.105. The van der Waals surface area contributed by atoms with Crippen LogP contribution in [0.5, 0.6) is 0 Å². The van der Waals surface area contributed by atoms with Gasteiger partial charge in [0.05, 0.1) is 16.8 Å². The predicted octanol–water partition coefficient (Wildman–Crippen LogP) is 1.69. The zero-order chi connectivity index (χ0) is 16.0. The van der Waals surface area contributed by atoms with E-state index in [1.54, 1.807) is 16.8 Å². The molecule has 1 aromatic carbocycles. The van der Waals surface area contributed by atoms with Gasteiger partial charge in [-0.25, -0.2) is 4.98 Å². The Kier molecular flexibility index (Phi) is 3.12. The minimum Gasteiger partial charge on any atom is -0.397 e. The number of carbonyl (C=O) groups is 1. The number of carbonyl (C=O) groups excluding carboxylic acids is 1. The van der Waals surface area contributed by atoms with E-state index in [1.165, 1.54) is 6.33 Å². The molecular weight excluding hydrogens is 290 g/mol. The van der Waals surface area contributed by atoms with Crippen molar-refractivity contribution in [1.29, 1.82) is 0 Å². The van der Waals surface area contributed by atoms with Crippen LogP contribution in [0.25, 0.3) is 11.0 Å². The second-order valence-electron chi connectivity index (χ2n) is 5.95. The van der Waals surface area contributed by atoms with Crippen molar-refractivity contribution in [1.82, 2.24) is 19.4 Å². The number of nitrogen functional groups attached to an aromatic ring is 1. The lowest BCUT2D eigenvalue weighted by atomic mass is 9.97. The quantitative estimate of drug-likeness (QED) is 0.692. The standard InChI is InChI=1S/C17H17N5O/c1-21-6-5-12-11(9-21)7-19-8-13(12)17(23)22-10-20-16-14(18)3-2-4-15(16)22/h2-4,7-8,10H,5-6,9,18H2,1H3. The van der Waals surface area contributed by atoms with Crippen molar-refractivity contribution in [3.63, 3.8) is 0 Å². The zero-order valence-corrected chi connectivity index (χ0v) is 12.9. The molecule has 116 valence electrons. The number of pyridine rings is 1. The van der Waals surface area contributed by atoms with Gasteiger partial charge in [0.2, 0.25) is 0 Å². The van der Waals surface area contributed by atoms with Crippen molar-refractivity contribution in [2.75, 3.05) is 19.3 Å². The number of fused-ring (bicyclic) bond motifs is 2. The molecule has 3 heterocycles. The fourth-order valence-corrected chi connectivity index (χ4v) is 3.17. The van der Waals surface area contributed by atoms with Crippen LogP contribution in [0, 0.1) is 0 Å². The highest BCUT2D eigenvalue weighted by atomic mass is 16.2. The topological polar surface area (TPSA) is 77.0 Å². The number of para-hydroxylation sites is 1. The third-order valence-electron chi connectivity index (χ3n) is 4.39. The van der Waals surface area contributed by atoms with E-state index < -0.39 is 0 Å². The van der Waals surface area contributed by atoms with Crippen LogP contribution in [0.4, 0.5) is 5.69 Å². The molecule has 23 heavy (non-hydrogen) atoms. The van der Waals surface area contributed by atoms with Crippen molar-refractivity contribution in [2.45, 2.75) is 13.0 Å². The molecule has 3 aromatic rings. The molecule has 2 N–H and O–H groups in total.